The second-order valence-electron chi connectivity index (χ2n) is 4.80. The fourth-order valence-corrected chi connectivity index (χ4v) is 3.13. The Morgan fingerprint density at radius 1 is 1.53 bits per heavy atom. The third kappa shape index (κ3) is 2.87. The van der Waals surface area contributed by atoms with Gasteiger partial charge in [-0.05, 0) is 37.3 Å². The minimum atomic E-state index is -0.142. The summed E-state index contributed by atoms with van der Waals surface area (Å²) in [4.78, 5) is 16.0. The van der Waals surface area contributed by atoms with Gasteiger partial charge in [-0.25, -0.2) is 0 Å². The third-order valence-electron chi connectivity index (χ3n) is 3.31. The van der Waals surface area contributed by atoms with E-state index in [1.807, 2.05) is 19.2 Å². The molecule has 94 valence electrons. The van der Waals surface area contributed by atoms with Crippen LogP contribution in [0.15, 0.2) is 12.1 Å². The van der Waals surface area contributed by atoms with Gasteiger partial charge < -0.3 is 10.0 Å². The van der Waals surface area contributed by atoms with E-state index < -0.39 is 0 Å². The van der Waals surface area contributed by atoms with Crippen LogP contribution in [-0.4, -0.2) is 35.6 Å². The first-order valence-corrected chi connectivity index (χ1v) is 6.94. The highest BCUT2D eigenvalue weighted by Crippen LogP contribution is 2.28. The second-order valence-corrected chi connectivity index (χ2v) is 5.96. The van der Waals surface area contributed by atoms with Gasteiger partial charge in [0, 0.05) is 18.5 Å². The van der Waals surface area contributed by atoms with Gasteiger partial charge in [-0.15, -0.1) is 11.3 Å². The van der Waals surface area contributed by atoms with Crippen LogP contribution in [0.2, 0.25) is 0 Å². The minimum Gasteiger partial charge on any atom is -0.393 e. The number of hydrogen-bond donors (Lipinski definition) is 1. The summed E-state index contributed by atoms with van der Waals surface area (Å²) in [5.41, 5.74) is 0. The standard InChI is InChI=1S/C13H19NO2S/c1-3-11-4-5-12(17-11)13(16)14(2)8-9-6-10(15)7-9/h4-5,9-10,15H,3,6-8H2,1-2H3. The van der Waals surface area contributed by atoms with Crippen molar-refractivity contribution in [2.45, 2.75) is 32.3 Å². The Balaban J connectivity index is 1.90. The van der Waals surface area contributed by atoms with Crippen molar-refractivity contribution in [3.8, 4) is 0 Å². The summed E-state index contributed by atoms with van der Waals surface area (Å²) in [6.07, 6.45) is 2.51. The normalized spacial score (nSPS) is 23.2. The molecule has 1 amide bonds. The number of amides is 1. The highest BCUT2D eigenvalue weighted by atomic mass is 32.1. The molecule has 1 aliphatic carbocycles. The molecular weight excluding hydrogens is 234 g/mol. The lowest BCUT2D eigenvalue weighted by Crippen LogP contribution is -2.39. The fourth-order valence-electron chi connectivity index (χ4n) is 2.19. The first kappa shape index (κ1) is 12.6. The van der Waals surface area contributed by atoms with Crippen molar-refractivity contribution >= 4 is 17.2 Å². The van der Waals surface area contributed by atoms with Gasteiger partial charge in [-0.2, -0.15) is 0 Å². The zero-order chi connectivity index (χ0) is 12.4. The molecule has 4 heteroatoms. The molecule has 0 saturated heterocycles. The lowest BCUT2D eigenvalue weighted by atomic mass is 9.82. The topological polar surface area (TPSA) is 40.5 Å². The number of aliphatic hydroxyl groups excluding tert-OH is 1. The van der Waals surface area contributed by atoms with Crippen LogP contribution in [0.25, 0.3) is 0 Å². The minimum absolute atomic E-state index is 0.107. The molecule has 0 unspecified atom stereocenters. The van der Waals surface area contributed by atoms with Crippen molar-refractivity contribution in [1.29, 1.82) is 0 Å². The first-order valence-electron chi connectivity index (χ1n) is 6.12. The number of carbonyl (C=O) groups excluding carboxylic acids is 1. The van der Waals surface area contributed by atoms with Gasteiger partial charge in [0.1, 0.15) is 0 Å². The zero-order valence-electron chi connectivity index (χ0n) is 10.3. The van der Waals surface area contributed by atoms with Gasteiger partial charge in [0.15, 0.2) is 0 Å². The molecular formula is C13H19NO2S. The summed E-state index contributed by atoms with van der Waals surface area (Å²) >= 11 is 1.58. The third-order valence-corrected chi connectivity index (χ3v) is 4.53. The van der Waals surface area contributed by atoms with Crippen LogP contribution in [-0.2, 0) is 6.42 Å². The summed E-state index contributed by atoms with van der Waals surface area (Å²) in [6.45, 7) is 2.86. The van der Waals surface area contributed by atoms with Gasteiger partial charge >= 0.3 is 0 Å². The van der Waals surface area contributed by atoms with E-state index in [9.17, 15) is 9.90 Å². The summed E-state index contributed by atoms with van der Waals surface area (Å²) in [5, 5.41) is 9.22. The number of aliphatic hydroxyl groups is 1. The largest absolute Gasteiger partial charge is 0.393 e. The molecule has 2 rings (SSSR count). The second kappa shape index (κ2) is 5.19. The van der Waals surface area contributed by atoms with E-state index in [-0.39, 0.29) is 12.0 Å². The Morgan fingerprint density at radius 3 is 2.76 bits per heavy atom. The molecule has 1 fully saturated rings. The van der Waals surface area contributed by atoms with Crippen LogP contribution in [0.3, 0.4) is 0 Å². The molecule has 1 aromatic rings. The lowest BCUT2D eigenvalue weighted by Gasteiger charge is -2.34. The maximum absolute atomic E-state index is 12.1. The molecule has 0 aromatic carbocycles. The summed E-state index contributed by atoms with van der Waals surface area (Å²) in [6, 6.07) is 3.94. The average molecular weight is 253 g/mol. The summed E-state index contributed by atoms with van der Waals surface area (Å²) < 4.78 is 0. The van der Waals surface area contributed by atoms with Crippen LogP contribution >= 0.6 is 11.3 Å². The first-order chi connectivity index (χ1) is 8.10. The van der Waals surface area contributed by atoms with Crippen LogP contribution in [0.1, 0.15) is 34.3 Å². The summed E-state index contributed by atoms with van der Waals surface area (Å²) in [7, 11) is 1.85. The molecule has 0 bridgehead atoms. The Morgan fingerprint density at radius 2 is 2.24 bits per heavy atom. The van der Waals surface area contributed by atoms with Crippen molar-refractivity contribution in [1.82, 2.24) is 4.90 Å². The predicted molar refractivity (Wildman–Crippen MR) is 69.4 cm³/mol. The van der Waals surface area contributed by atoms with E-state index in [1.165, 1.54) is 4.88 Å². The monoisotopic (exact) mass is 253 g/mol. The molecule has 1 N–H and O–H groups in total. The van der Waals surface area contributed by atoms with Crippen molar-refractivity contribution in [3.05, 3.63) is 21.9 Å². The predicted octanol–water partition coefficient (Wildman–Crippen LogP) is 2.15. The molecule has 1 aromatic heterocycles. The van der Waals surface area contributed by atoms with Crippen molar-refractivity contribution in [2.24, 2.45) is 5.92 Å². The Hall–Kier alpha value is -0.870. The van der Waals surface area contributed by atoms with E-state index in [0.717, 1.165) is 30.7 Å². The van der Waals surface area contributed by atoms with E-state index in [2.05, 4.69) is 6.92 Å². The molecule has 17 heavy (non-hydrogen) atoms. The van der Waals surface area contributed by atoms with Crippen LogP contribution < -0.4 is 0 Å². The fraction of sp³-hybridized carbons (Fsp3) is 0.615. The van der Waals surface area contributed by atoms with Crippen LogP contribution in [0.5, 0.6) is 0 Å². The number of rotatable bonds is 4. The van der Waals surface area contributed by atoms with E-state index in [0.29, 0.717) is 5.92 Å². The van der Waals surface area contributed by atoms with Crippen molar-refractivity contribution in [3.63, 3.8) is 0 Å². The Kier molecular flexibility index (Phi) is 3.84. The highest BCUT2D eigenvalue weighted by Gasteiger charge is 2.29. The lowest BCUT2D eigenvalue weighted by molar-refractivity contribution is 0.0266. The highest BCUT2D eigenvalue weighted by molar-refractivity contribution is 7.14. The van der Waals surface area contributed by atoms with Gasteiger partial charge in [0.25, 0.3) is 5.91 Å². The van der Waals surface area contributed by atoms with Crippen LogP contribution in [0, 0.1) is 5.92 Å². The van der Waals surface area contributed by atoms with Gasteiger partial charge in [0.05, 0.1) is 11.0 Å². The van der Waals surface area contributed by atoms with Crippen molar-refractivity contribution in [2.75, 3.05) is 13.6 Å². The van der Waals surface area contributed by atoms with Gasteiger partial charge in [-0.1, -0.05) is 6.92 Å². The number of nitrogens with zero attached hydrogens (tertiary/aromatic N) is 1. The maximum atomic E-state index is 12.1. The number of hydrogen-bond acceptors (Lipinski definition) is 3. The van der Waals surface area contributed by atoms with Crippen molar-refractivity contribution < 1.29 is 9.90 Å². The number of thiophene rings is 1. The van der Waals surface area contributed by atoms with E-state index in [4.69, 9.17) is 0 Å². The molecule has 0 radical (unpaired) electrons. The number of carbonyl (C=O) groups is 1. The zero-order valence-corrected chi connectivity index (χ0v) is 11.2. The molecule has 0 atom stereocenters. The molecule has 1 aliphatic rings. The molecule has 0 spiro atoms. The average Bonchev–Trinajstić information content (AvgIpc) is 2.74. The molecule has 0 aliphatic heterocycles. The molecule has 3 nitrogen and oxygen atoms in total. The smallest absolute Gasteiger partial charge is 0.263 e. The Labute approximate surface area is 106 Å². The maximum Gasteiger partial charge on any atom is 0.263 e. The Bertz CT molecular complexity index is 396. The van der Waals surface area contributed by atoms with Gasteiger partial charge in [0.2, 0.25) is 0 Å². The SMILES string of the molecule is CCc1ccc(C(=O)N(C)CC2CC(O)C2)s1. The quantitative estimate of drug-likeness (QED) is 0.893. The van der Waals surface area contributed by atoms with Gasteiger partial charge in [-0.3, -0.25) is 4.79 Å². The molecule has 1 heterocycles. The molecule has 1 saturated carbocycles. The summed E-state index contributed by atoms with van der Waals surface area (Å²) in [5.74, 6) is 0.584. The number of aryl methyl sites for hydroxylation is 1. The van der Waals surface area contributed by atoms with E-state index in [1.54, 1.807) is 16.2 Å². The van der Waals surface area contributed by atoms with E-state index >= 15 is 0 Å². The van der Waals surface area contributed by atoms with Crippen LogP contribution in [0.4, 0.5) is 0 Å².